The molecule has 4 N–H and O–H groups in total. The number of carbonyl (C=O) groups is 2. The Bertz CT molecular complexity index is 762. The maximum absolute atomic E-state index is 12.8. The minimum Gasteiger partial charge on any atom is -0.334 e. The third-order valence-electron chi connectivity index (χ3n) is 4.60. The molecular formula is C19H24N4O2S. The van der Waals surface area contributed by atoms with Gasteiger partial charge in [0.25, 0.3) is 5.91 Å². The molecule has 3 amide bonds. The van der Waals surface area contributed by atoms with Crippen LogP contribution in [0.1, 0.15) is 29.4 Å². The lowest BCUT2D eigenvalue weighted by Gasteiger charge is -2.37. The molecule has 1 aliphatic rings. The number of carbonyl (C=O) groups excluding carboxylic acids is 2. The highest BCUT2D eigenvalue weighted by Crippen LogP contribution is 2.28. The zero-order chi connectivity index (χ0) is 18.5. The topological polar surface area (TPSA) is 87.5 Å². The Morgan fingerprint density at radius 3 is 2.69 bits per heavy atom. The lowest BCUT2D eigenvalue weighted by atomic mass is 9.92. The van der Waals surface area contributed by atoms with Crippen molar-refractivity contribution in [2.24, 2.45) is 11.7 Å². The molecule has 0 saturated carbocycles. The van der Waals surface area contributed by atoms with Crippen LogP contribution in [0.25, 0.3) is 0 Å². The van der Waals surface area contributed by atoms with Crippen LogP contribution in [0.2, 0.25) is 0 Å². The van der Waals surface area contributed by atoms with Crippen LogP contribution < -0.4 is 16.4 Å². The van der Waals surface area contributed by atoms with Crippen molar-refractivity contribution in [2.45, 2.75) is 25.8 Å². The molecule has 1 saturated heterocycles. The number of para-hydroxylation sites is 1. The summed E-state index contributed by atoms with van der Waals surface area (Å²) in [5, 5.41) is 6.17. The summed E-state index contributed by atoms with van der Waals surface area (Å²) < 4.78 is 0. The van der Waals surface area contributed by atoms with Gasteiger partial charge in [-0.05, 0) is 43.0 Å². The van der Waals surface area contributed by atoms with Crippen LogP contribution in [0.4, 0.5) is 15.5 Å². The largest absolute Gasteiger partial charge is 0.334 e. The molecule has 3 rings (SSSR count). The summed E-state index contributed by atoms with van der Waals surface area (Å²) in [5.41, 5.74) is 6.57. The van der Waals surface area contributed by atoms with Gasteiger partial charge in [-0.2, -0.15) is 0 Å². The van der Waals surface area contributed by atoms with Crippen molar-refractivity contribution in [1.29, 1.82) is 0 Å². The van der Waals surface area contributed by atoms with E-state index >= 15 is 0 Å². The molecule has 0 radical (unpaired) electrons. The van der Waals surface area contributed by atoms with Crippen molar-refractivity contribution in [2.75, 3.05) is 23.7 Å². The van der Waals surface area contributed by atoms with Crippen molar-refractivity contribution in [1.82, 2.24) is 4.90 Å². The highest BCUT2D eigenvalue weighted by molar-refractivity contribution is 7.18. The molecule has 2 unspecified atom stereocenters. The molecule has 1 aromatic heterocycles. The number of rotatable bonds is 4. The van der Waals surface area contributed by atoms with Crippen LogP contribution >= 0.6 is 11.3 Å². The molecule has 2 atom stereocenters. The fraction of sp³-hybridized carbons (Fsp3) is 0.368. The molecule has 6 nitrogen and oxygen atoms in total. The fourth-order valence-electron chi connectivity index (χ4n) is 3.20. The van der Waals surface area contributed by atoms with Crippen molar-refractivity contribution < 1.29 is 9.59 Å². The van der Waals surface area contributed by atoms with Gasteiger partial charge in [0.05, 0.1) is 9.88 Å². The first-order chi connectivity index (χ1) is 12.6. The highest BCUT2D eigenvalue weighted by Gasteiger charge is 2.30. The number of nitrogens with one attached hydrogen (secondary N) is 2. The Morgan fingerprint density at radius 2 is 1.96 bits per heavy atom. The summed E-state index contributed by atoms with van der Waals surface area (Å²) >= 11 is 1.28. The van der Waals surface area contributed by atoms with Gasteiger partial charge in [0.15, 0.2) is 0 Å². The van der Waals surface area contributed by atoms with Gasteiger partial charge < -0.3 is 16.0 Å². The molecule has 2 aromatic rings. The summed E-state index contributed by atoms with van der Waals surface area (Å²) in [6.45, 7) is 3.41. The standard InChI is InChI=1S/C19H24N4O2S/c1-13-9-10-23(15(11-13)12-20)18(24)16-7-8-17(26-16)22-19(25)21-14-5-3-2-4-6-14/h2-8,13,15H,9-12,20H2,1H3,(H2,21,22,25). The number of nitrogens with zero attached hydrogens (tertiary/aromatic N) is 1. The van der Waals surface area contributed by atoms with Gasteiger partial charge in [-0.25, -0.2) is 4.79 Å². The quantitative estimate of drug-likeness (QED) is 0.766. The lowest BCUT2D eigenvalue weighted by molar-refractivity contribution is 0.0578. The van der Waals surface area contributed by atoms with E-state index in [9.17, 15) is 9.59 Å². The summed E-state index contributed by atoms with van der Waals surface area (Å²) in [6, 6.07) is 12.5. The molecule has 7 heteroatoms. The van der Waals surface area contributed by atoms with Crippen molar-refractivity contribution in [3.8, 4) is 0 Å². The molecular weight excluding hydrogens is 348 g/mol. The number of thiophene rings is 1. The Labute approximate surface area is 157 Å². The molecule has 2 heterocycles. The van der Waals surface area contributed by atoms with Crippen molar-refractivity contribution in [3.05, 3.63) is 47.3 Å². The smallest absolute Gasteiger partial charge is 0.324 e. The molecule has 0 bridgehead atoms. The second-order valence-electron chi connectivity index (χ2n) is 6.63. The predicted octanol–water partition coefficient (Wildman–Crippen LogP) is 3.59. The van der Waals surface area contributed by atoms with Crippen LogP contribution in [0.5, 0.6) is 0 Å². The Hall–Kier alpha value is -2.38. The summed E-state index contributed by atoms with van der Waals surface area (Å²) in [4.78, 5) is 27.4. The second-order valence-corrected chi connectivity index (χ2v) is 7.71. The number of benzene rings is 1. The predicted molar refractivity (Wildman–Crippen MR) is 106 cm³/mol. The van der Waals surface area contributed by atoms with Gasteiger partial charge in [-0.1, -0.05) is 25.1 Å². The van der Waals surface area contributed by atoms with E-state index in [0.717, 1.165) is 19.4 Å². The summed E-state index contributed by atoms with van der Waals surface area (Å²) in [5.74, 6) is 0.587. The van der Waals surface area contributed by atoms with Gasteiger partial charge in [-0.15, -0.1) is 11.3 Å². The van der Waals surface area contributed by atoms with E-state index in [0.29, 0.717) is 28.0 Å². The molecule has 138 valence electrons. The minimum absolute atomic E-state index is 0.00568. The summed E-state index contributed by atoms with van der Waals surface area (Å²) in [6.07, 6.45) is 1.94. The Balaban J connectivity index is 1.62. The maximum atomic E-state index is 12.8. The van der Waals surface area contributed by atoms with Crippen LogP contribution in [-0.2, 0) is 0 Å². The zero-order valence-electron chi connectivity index (χ0n) is 14.8. The number of likely N-dealkylation sites (tertiary alicyclic amines) is 1. The minimum atomic E-state index is -0.330. The summed E-state index contributed by atoms with van der Waals surface area (Å²) in [7, 11) is 0. The molecule has 1 aliphatic heterocycles. The van der Waals surface area contributed by atoms with Gasteiger partial charge in [0, 0.05) is 24.8 Å². The second kappa shape index (κ2) is 8.33. The SMILES string of the molecule is CC1CCN(C(=O)c2ccc(NC(=O)Nc3ccccc3)s2)C(CN)C1. The average Bonchev–Trinajstić information content (AvgIpc) is 3.10. The molecule has 26 heavy (non-hydrogen) atoms. The number of piperidine rings is 1. The highest BCUT2D eigenvalue weighted by atomic mass is 32.1. The van der Waals surface area contributed by atoms with Crippen LogP contribution in [0.15, 0.2) is 42.5 Å². The lowest BCUT2D eigenvalue weighted by Crippen LogP contribution is -2.49. The Morgan fingerprint density at radius 1 is 1.19 bits per heavy atom. The number of anilines is 2. The van der Waals surface area contributed by atoms with Crippen LogP contribution in [-0.4, -0.2) is 36.0 Å². The average molecular weight is 372 g/mol. The monoisotopic (exact) mass is 372 g/mol. The van der Waals surface area contributed by atoms with Crippen molar-refractivity contribution >= 4 is 34.0 Å². The number of urea groups is 1. The number of hydrogen-bond acceptors (Lipinski definition) is 4. The van der Waals surface area contributed by atoms with Crippen molar-refractivity contribution in [3.63, 3.8) is 0 Å². The first-order valence-electron chi connectivity index (χ1n) is 8.80. The van der Waals surface area contributed by atoms with E-state index in [4.69, 9.17) is 5.73 Å². The zero-order valence-corrected chi connectivity index (χ0v) is 15.6. The van der Waals surface area contributed by atoms with E-state index in [1.807, 2.05) is 35.2 Å². The van der Waals surface area contributed by atoms with Gasteiger partial charge in [0.1, 0.15) is 0 Å². The first kappa shape index (κ1) is 18.4. The van der Waals surface area contributed by atoms with E-state index in [1.165, 1.54) is 11.3 Å². The third kappa shape index (κ3) is 4.42. The van der Waals surface area contributed by atoms with Crippen LogP contribution in [0, 0.1) is 5.92 Å². The molecule has 0 aliphatic carbocycles. The van der Waals surface area contributed by atoms with E-state index in [2.05, 4.69) is 17.6 Å². The maximum Gasteiger partial charge on any atom is 0.324 e. The number of amides is 3. The normalized spacial score (nSPS) is 19.8. The molecule has 1 aromatic carbocycles. The number of nitrogens with two attached hydrogens (primary N) is 1. The van der Waals surface area contributed by atoms with Crippen LogP contribution in [0.3, 0.4) is 0 Å². The van der Waals surface area contributed by atoms with Gasteiger partial charge in [0.2, 0.25) is 0 Å². The van der Waals surface area contributed by atoms with E-state index in [1.54, 1.807) is 12.1 Å². The van der Waals surface area contributed by atoms with Gasteiger partial charge >= 0.3 is 6.03 Å². The van der Waals surface area contributed by atoms with E-state index in [-0.39, 0.29) is 18.0 Å². The fourth-order valence-corrected chi connectivity index (χ4v) is 4.06. The molecule has 0 spiro atoms. The third-order valence-corrected chi connectivity index (χ3v) is 5.58. The van der Waals surface area contributed by atoms with E-state index < -0.39 is 0 Å². The number of hydrogen-bond donors (Lipinski definition) is 3. The first-order valence-corrected chi connectivity index (χ1v) is 9.62. The molecule has 1 fully saturated rings. The van der Waals surface area contributed by atoms with Gasteiger partial charge in [-0.3, -0.25) is 10.1 Å². The Kier molecular flexibility index (Phi) is 5.90.